The molecule has 2 nitrogen and oxygen atoms in total. The fraction of sp³-hybridized carbons (Fsp3) is 1.00. The van der Waals surface area contributed by atoms with Gasteiger partial charge in [-0.15, -0.1) is 0 Å². The quantitative estimate of drug-likeness (QED) is 0.712. The van der Waals surface area contributed by atoms with Gasteiger partial charge in [-0.05, 0) is 19.3 Å². The highest BCUT2D eigenvalue weighted by Gasteiger charge is 2.37. The van der Waals surface area contributed by atoms with Crippen LogP contribution < -0.4 is 0 Å². The van der Waals surface area contributed by atoms with Gasteiger partial charge in [-0.3, -0.25) is 0 Å². The number of ether oxygens (including phenoxy) is 2. The van der Waals surface area contributed by atoms with Crippen molar-refractivity contribution in [2.45, 2.75) is 31.8 Å². The highest BCUT2D eigenvalue weighted by molar-refractivity contribution is 9.09. The average molecular weight is 249 g/mol. The molecule has 76 valence electrons. The molecule has 0 N–H and O–H groups in total. The summed E-state index contributed by atoms with van der Waals surface area (Å²) >= 11 is 3.58. The van der Waals surface area contributed by atoms with Crippen LogP contribution in [0.5, 0.6) is 0 Å². The highest BCUT2D eigenvalue weighted by Crippen LogP contribution is 2.42. The van der Waals surface area contributed by atoms with E-state index in [4.69, 9.17) is 9.47 Å². The van der Waals surface area contributed by atoms with Crippen molar-refractivity contribution < 1.29 is 9.47 Å². The first-order valence-electron chi connectivity index (χ1n) is 5.10. The van der Waals surface area contributed by atoms with Crippen molar-refractivity contribution in [3.8, 4) is 0 Å². The van der Waals surface area contributed by atoms with Crippen LogP contribution in [0.2, 0.25) is 0 Å². The summed E-state index contributed by atoms with van der Waals surface area (Å²) in [5.74, 6) is 0. The largest absolute Gasteiger partial charge is 0.379 e. The Balaban J connectivity index is 1.71. The molecule has 0 radical (unpaired) electrons. The van der Waals surface area contributed by atoms with E-state index in [-0.39, 0.29) is 0 Å². The molecule has 1 atom stereocenters. The Kier molecular flexibility index (Phi) is 3.27. The van der Waals surface area contributed by atoms with Gasteiger partial charge < -0.3 is 9.47 Å². The molecule has 1 aliphatic carbocycles. The van der Waals surface area contributed by atoms with Gasteiger partial charge >= 0.3 is 0 Å². The van der Waals surface area contributed by atoms with E-state index >= 15 is 0 Å². The molecule has 2 aliphatic rings. The zero-order valence-electron chi connectivity index (χ0n) is 7.93. The molecule has 0 amide bonds. The van der Waals surface area contributed by atoms with Gasteiger partial charge in [0.2, 0.25) is 0 Å². The molecule has 3 heteroatoms. The van der Waals surface area contributed by atoms with Gasteiger partial charge in [0.05, 0.1) is 19.3 Å². The van der Waals surface area contributed by atoms with Crippen molar-refractivity contribution in [3.05, 3.63) is 0 Å². The Labute approximate surface area is 88.1 Å². The first kappa shape index (κ1) is 9.94. The lowest BCUT2D eigenvalue weighted by Crippen LogP contribution is -2.37. The lowest BCUT2D eigenvalue weighted by Gasteiger charge is -2.40. The SMILES string of the molecule is BrCC1(COC2CCOC2)CCC1. The van der Waals surface area contributed by atoms with Crippen LogP contribution in [0.15, 0.2) is 0 Å². The predicted molar refractivity (Wildman–Crippen MR) is 55.3 cm³/mol. The van der Waals surface area contributed by atoms with Gasteiger partial charge in [-0.25, -0.2) is 0 Å². The normalized spacial score (nSPS) is 31.6. The van der Waals surface area contributed by atoms with Crippen LogP contribution >= 0.6 is 15.9 Å². The zero-order valence-corrected chi connectivity index (χ0v) is 9.51. The van der Waals surface area contributed by atoms with Gasteiger partial charge in [-0.1, -0.05) is 22.4 Å². The van der Waals surface area contributed by atoms with Crippen LogP contribution in [-0.2, 0) is 9.47 Å². The van der Waals surface area contributed by atoms with Crippen LogP contribution in [0.25, 0.3) is 0 Å². The van der Waals surface area contributed by atoms with Crippen LogP contribution in [0, 0.1) is 5.41 Å². The summed E-state index contributed by atoms with van der Waals surface area (Å²) < 4.78 is 11.1. The van der Waals surface area contributed by atoms with Crippen molar-refractivity contribution in [1.29, 1.82) is 0 Å². The fourth-order valence-electron chi connectivity index (χ4n) is 1.93. The summed E-state index contributed by atoms with van der Waals surface area (Å²) in [4.78, 5) is 0. The second-order valence-electron chi connectivity index (χ2n) is 4.28. The topological polar surface area (TPSA) is 18.5 Å². The zero-order chi connectivity index (χ0) is 9.15. The molecule has 0 aromatic heterocycles. The number of halogens is 1. The third kappa shape index (κ3) is 2.25. The third-order valence-corrected chi connectivity index (χ3v) is 4.40. The van der Waals surface area contributed by atoms with Gasteiger partial charge in [-0.2, -0.15) is 0 Å². The van der Waals surface area contributed by atoms with E-state index in [1.165, 1.54) is 19.3 Å². The maximum Gasteiger partial charge on any atom is 0.0830 e. The number of alkyl halides is 1. The number of hydrogen-bond acceptors (Lipinski definition) is 2. The molecule has 0 aromatic rings. The van der Waals surface area contributed by atoms with Gasteiger partial charge in [0.1, 0.15) is 0 Å². The second kappa shape index (κ2) is 4.28. The molecular weight excluding hydrogens is 232 g/mol. The van der Waals surface area contributed by atoms with Crippen molar-refractivity contribution in [2.75, 3.05) is 25.2 Å². The van der Waals surface area contributed by atoms with Crippen LogP contribution in [0.4, 0.5) is 0 Å². The Morgan fingerprint density at radius 2 is 2.31 bits per heavy atom. The first-order valence-corrected chi connectivity index (χ1v) is 6.22. The molecule has 0 aromatic carbocycles. The number of rotatable bonds is 4. The van der Waals surface area contributed by atoms with Crippen molar-refractivity contribution in [3.63, 3.8) is 0 Å². The van der Waals surface area contributed by atoms with E-state index in [2.05, 4.69) is 15.9 Å². The Hall–Kier alpha value is 0.400. The molecule has 1 saturated carbocycles. The van der Waals surface area contributed by atoms with Gasteiger partial charge in [0.15, 0.2) is 0 Å². The van der Waals surface area contributed by atoms with Crippen LogP contribution in [0.1, 0.15) is 25.7 Å². The van der Waals surface area contributed by atoms with Gasteiger partial charge in [0.25, 0.3) is 0 Å². The van der Waals surface area contributed by atoms with Crippen molar-refractivity contribution in [1.82, 2.24) is 0 Å². The van der Waals surface area contributed by atoms with E-state index in [1.807, 2.05) is 0 Å². The molecule has 0 spiro atoms. The van der Waals surface area contributed by atoms with E-state index in [0.29, 0.717) is 11.5 Å². The standard InChI is InChI=1S/C10H17BrO2/c11-7-10(3-1-4-10)8-13-9-2-5-12-6-9/h9H,1-8H2. The summed E-state index contributed by atoms with van der Waals surface area (Å²) in [6.07, 6.45) is 5.48. The molecule has 13 heavy (non-hydrogen) atoms. The molecule has 2 rings (SSSR count). The molecular formula is C10H17BrO2. The summed E-state index contributed by atoms with van der Waals surface area (Å²) in [7, 11) is 0. The lowest BCUT2D eigenvalue weighted by molar-refractivity contribution is -0.0338. The van der Waals surface area contributed by atoms with E-state index in [1.54, 1.807) is 0 Å². The van der Waals surface area contributed by atoms with Crippen molar-refractivity contribution >= 4 is 15.9 Å². The summed E-state index contributed by atoms with van der Waals surface area (Å²) in [6.45, 7) is 2.61. The minimum absolute atomic E-state index is 0.372. The summed E-state index contributed by atoms with van der Waals surface area (Å²) in [6, 6.07) is 0. The molecule has 1 unspecified atom stereocenters. The minimum Gasteiger partial charge on any atom is -0.379 e. The van der Waals surface area contributed by atoms with Crippen LogP contribution in [-0.4, -0.2) is 31.3 Å². The molecule has 2 fully saturated rings. The Morgan fingerprint density at radius 3 is 2.77 bits per heavy atom. The lowest BCUT2D eigenvalue weighted by atomic mass is 9.71. The van der Waals surface area contributed by atoms with E-state index < -0.39 is 0 Å². The minimum atomic E-state index is 0.372. The van der Waals surface area contributed by atoms with Gasteiger partial charge in [0, 0.05) is 17.4 Å². The smallest absolute Gasteiger partial charge is 0.0830 e. The van der Waals surface area contributed by atoms with E-state index in [0.717, 1.165) is 31.6 Å². The predicted octanol–water partition coefficient (Wildman–Crippen LogP) is 2.36. The highest BCUT2D eigenvalue weighted by atomic mass is 79.9. The van der Waals surface area contributed by atoms with E-state index in [9.17, 15) is 0 Å². The summed E-state index contributed by atoms with van der Waals surface area (Å²) in [5.41, 5.74) is 0.461. The van der Waals surface area contributed by atoms with Crippen molar-refractivity contribution in [2.24, 2.45) is 5.41 Å². The second-order valence-corrected chi connectivity index (χ2v) is 4.84. The average Bonchev–Trinajstić information content (AvgIpc) is 2.56. The molecule has 0 bridgehead atoms. The first-order chi connectivity index (χ1) is 6.35. The van der Waals surface area contributed by atoms with Crippen LogP contribution in [0.3, 0.4) is 0 Å². The monoisotopic (exact) mass is 248 g/mol. The molecule has 1 saturated heterocycles. The molecule has 1 heterocycles. The molecule has 1 aliphatic heterocycles. The fourth-order valence-corrected chi connectivity index (χ4v) is 2.65. The maximum atomic E-state index is 5.85. The Morgan fingerprint density at radius 1 is 1.46 bits per heavy atom. The number of hydrogen-bond donors (Lipinski definition) is 0. The summed E-state index contributed by atoms with van der Waals surface area (Å²) in [5, 5.41) is 1.09. The third-order valence-electron chi connectivity index (χ3n) is 3.21. The maximum absolute atomic E-state index is 5.85. The Bertz CT molecular complexity index is 157.